The van der Waals surface area contributed by atoms with Gasteiger partial charge in [0.2, 0.25) is 0 Å². The number of hydrogen-bond donors (Lipinski definition) is 1. The normalized spacial score (nSPS) is 12.5. The highest BCUT2D eigenvalue weighted by molar-refractivity contribution is 9.10. The van der Waals surface area contributed by atoms with Crippen molar-refractivity contribution in [2.45, 2.75) is 19.4 Å². The lowest BCUT2D eigenvalue weighted by Crippen LogP contribution is -2.08. The number of halogens is 1. The van der Waals surface area contributed by atoms with E-state index < -0.39 is 6.10 Å². The molecule has 2 aromatic carbocycles. The number of aliphatic hydroxyl groups excluding tert-OH is 1. The van der Waals surface area contributed by atoms with Gasteiger partial charge in [0, 0.05) is 22.8 Å². The maximum atomic E-state index is 9.67. The van der Waals surface area contributed by atoms with E-state index >= 15 is 0 Å². The van der Waals surface area contributed by atoms with Crippen molar-refractivity contribution in [2.75, 3.05) is 14.2 Å². The van der Waals surface area contributed by atoms with Gasteiger partial charge in [0.05, 0.1) is 24.8 Å². The summed E-state index contributed by atoms with van der Waals surface area (Å²) in [6.07, 6.45) is 0.0568. The maximum Gasteiger partial charge on any atom is 0.141 e. The van der Waals surface area contributed by atoms with E-state index in [1.807, 2.05) is 24.3 Å². The van der Waals surface area contributed by atoms with Gasteiger partial charge in [-0.2, -0.15) is 0 Å². The topological polar surface area (TPSA) is 38.7 Å². The fourth-order valence-corrected chi connectivity index (χ4v) is 3.02. The van der Waals surface area contributed by atoms with Crippen LogP contribution in [0.2, 0.25) is 0 Å². The Hall–Kier alpha value is -1.26. The van der Waals surface area contributed by atoms with Crippen LogP contribution < -0.4 is 9.47 Å². The number of methoxy groups -OCH3 is 2. The number of aliphatic hydroxyl groups is 1. The Morgan fingerprint density at radius 2 is 1.63 bits per heavy atom. The van der Waals surface area contributed by atoms with Gasteiger partial charge in [-0.3, -0.25) is 0 Å². The smallest absolute Gasteiger partial charge is 0.141 e. The van der Waals surface area contributed by atoms with Gasteiger partial charge < -0.3 is 14.6 Å². The molecule has 0 fully saturated rings. The van der Waals surface area contributed by atoms with Gasteiger partial charge in [-0.1, -0.05) is 24.3 Å². The standard InChI is InChI=1S/C15H17BrO3/c1-9(17)8-12-13(16)15(19-3)11-7-5-4-6-10(11)14(12)18-2/h4-7,9,17H,8H2,1-3H3/t9-/m1/s1. The lowest BCUT2D eigenvalue weighted by molar-refractivity contribution is 0.194. The molecule has 0 saturated carbocycles. The molecular formula is C15H17BrO3. The summed E-state index contributed by atoms with van der Waals surface area (Å²) in [6, 6.07) is 7.91. The molecular weight excluding hydrogens is 308 g/mol. The molecule has 0 unspecified atom stereocenters. The molecule has 1 atom stereocenters. The van der Waals surface area contributed by atoms with Crippen LogP contribution in [0, 0.1) is 0 Å². The zero-order valence-electron chi connectivity index (χ0n) is 11.2. The summed E-state index contributed by atoms with van der Waals surface area (Å²) in [7, 11) is 3.29. The maximum absolute atomic E-state index is 9.67. The highest BCUT2D eigenvalue weighted by Crippen LogP contribution is 2.44. The summed E-state index contributed by atoms with van der Waals surface area (Å²) in [5, 5.41) is 11.6. The molecule has 0 radical (unpaired) electrons. The molecule has 2 aromatic rings. The molecule has 0 aromatic heterocycles. The lowest BCUT2D eigenvalue weighted by atomic mass is 10.0. The van der Waals surface area contributed by atoms with Crippen LogP contribution in [-0.4, -0.2) is 25.4 Å². The van der Waals surface area contributed by atoms with Gasteiger partial charge in [-0.15, -0.1) is 0 Å². The van der Waals surface area contributed by atoms with E-state index in [2.05, 4.69) is 15.9 Å². The predicted molar refractivity (Wildman–Crippen MR) is 80.1 cm³/mol. The van der Waals surface area contributed by atoms with E-state index in [0.29, 0.717) is 6.42 Å². The van der Waals surface area contributed by atoms with Crippen LogP contribution in [0.15, 0.2) is 28.7 Å². The van der Waals surface area contributed by atoms with Crippen LogP contribution in [-0.2, 0) is 6.42 Å². The van der Waals surface area contributed by atoms with Crippen LogP contribution in [0.25, 0.3) is 10.8 Å². The van der Waals surface area contributed by atoms with Gasteiger partial charge in [0.25, 0.3) is 0 Å². The van der Waals surface area contributed by atoms with E-state index in [4.69, 9.17) is 9.47 Å². The second-order valence-corrected chi connectivity index (χ2v) is 5.25. The molecule has 0 bridgehead atoms. The number of rotatable bonds is 4. The predicted octanol–water partition coefficient (Wildman–Crippen LogP) is 3.54. The van der Waals surface area contributed by atoms with E-state index in [0.717, 1.165) is 32.3 Å². The second-order valence-electron chi connectivity index (χ2n) is 4.46. The van der Waals surface area contributed by atoms with Crippen molar-refractivity contribution in [3.63, 3.8) is 0 Å². The van der Waals surface area contributed by atoms with Gasteiger partial charge in [0.15, 0.2) is 0 Å². The summed E-state index contributed by atoms with van der Waals surface area (Å²) in [6.45, 7) is 1.76. The minimum Gasteiger partial charge on any atom is -0.496 e. The number of fused-ring (bicyclic) bond motifs is 1. The van der Waals surface area contributed by atoms with Crippen LogP contribution in [0.4, 0.5) is 0 Å². The molecule has 4 heteroatoms. The summed E-state index contributed by atoms with van der Waals surface area (Å²) in [4.78, 5) is 0. The van der Waals surface area contributed by atoms with Crippen LogP contribution >= 0.6 is 15.9 Å². The van der Waals surface area contributed by atoms with Crippen molar-refractivity contribution in [2.24, 2.45) is 0 Å². The Morgan fingerprint density at radius 1 is 1.11 bits per heavy atom. The minimum atomic E-state index is -0.448. The molecule has 3 nitrogen and oxygen atoms in total. The van der Waals surface area contributed by atoms with Crippen molar-refractivity contribution in [1.29, 1.82) is 0 Å². The van der Waals surface area contributed by atoms with Crippen molar-refractivity contribution in [3.8, 4) is 11.5 Å². The van der Waals surface area contributed by atoms with Gasteiger partial charge in [0.1, 0.15) is 11.5 Å². The molecule has 2 rings (SSSR count). The molecule has 0 saturated heterocycles. The molecule has 102 valence electrons. The Labute approximate surface area is 121 Å². The fraction of sp³-hybridized carbons (Fsp3) is 0.333. The Kier molecular flexibility index (Phi) is 4.32. The first-order chi connectivity index (χ1) is 9.10. The van der Waals surface area contributed by atoms with Crippen molar-refractivity contribution >= 4 is 26.7 Å². The molecule has 0 amide bonds. The van der Waals surface area contributed by atoms with E-state index in [1.54, 1.807) is 21.1 Å². The Balaban J connectivity index is 2.82. The first-order valence-electron chi connectivity index (χ1n) is 6.09. The van der Waals surface area contributed by atoms with Gasteiger partial charge >= 0.3 is 0 Å². The van der Waals surface area contributed by atoms with Crippen molar-refractivity contribution in [3.05, 3.63) is 34.3 Å². The van der Waals surface area contributed by atoms with Crippen LogP contribution in [0.3, 0.4) is 0 Å². The minimum absolute atomic E-state index is 0.448. The zero-order valence-corrected chi connectivity index (χ0v) is 12.8. The van der Waals surface area contributed by atoms with Gasteiger partial charge in [-0.25, -0.2) is 0 Å². The molecule has 0 aliphatic heterocycles. The molecule has 0 heterocycles. The molecule has 1 N–H and O–H groups in total. The molecule has 0 aliphatic rings. The lowest BCUT2D eigenvalue weighted by Gasteiger charge is -2.18. The number of benzene rings is 2. The molecule has 0 aliphatic carbocycles. The largest absolute Gasteiger partial charge is 0.496 e. The quantitative estimate of drug-likeness (QED) is 0.934. The van der Waals surface area contributed by atoms with E-state index in [9.17, 15) is 5.11 Å². The van der Waals surface area contributed by atoms with Crippen molar-refractivity contribution < 1.29 is 14.6 Å². The fourth-order valence-electron chi connectivity index (χ4n) is 2.31. The third-order valence-corrected chi connectivity index (χ3v) is 3.90. The summed E-state index contributed by atoms with van der Waals surface area (Å²) in [5.74, 6) is 1.55. The van der Waals surface area contributed by atoms with Crippen LogP contribution in [0.5, 0.6) is 11.5 Å². The Bertz CT molecular complexity index is 593. The molecule has 0 spiro atoms. The van der Waals surface area contributed by atoms with Gasteiger partial charge in [-0.05, 0) is 22.9 Å². The first-order valence-corrected chi connectivity index (χ1v) is 6.88. The third kappa shape index (κ3) is 2.55. The summed E-state index contributed by atoms with van der Waals surface area (Å²) in [5.41, 5.74) is 0.924. The van der Waals surface area contributed by atoms with E-state index in [-0.39, 0.29) is 0 Å². The average Bonchev–Trinajstić information content (AvgIpc) is 2.39. The zero-order chi connectivity index (χ0) is 14.0. The highest BCUT2D eigenvalue weighted by atomic mass is 79.9. The van der Waals surface area contributed by atoms with Crippen LogP contribution in [0.1, 0.15) is 12.5 Å². The Morgan fingerprint density at radius 3 is 2.11 bits per heavy atom. The van der Waals surface area contributed by atoms with Crippen molar-refractivity contribution in [1.82, 2.24) is 0 Å². The molecule has 19 heavy (non-hydrogen) atoms. The first kappa shape index (κ1) is 14.2. The summed E-state index contributed by atoms with van der Waals surface area (Å²) >= 11 is 3.57. The monoisotopic (exact) mass is 324 g/mol. The SMILES string of the molecule is COc1c(Br)c(C[C@@H](C)O)c(OC)c2ccccc12. The average molecular weight is 325 g/mol. The number of hydrogen-bond acceptors (Lipinski definition) is 3. The van der Waals surface area contributed by atoms with E-state index in [1.165, 1.54) is 0 Å². The third-order valence-electron chi connectivity index (χ3n) is 3.06. The summed E-state index contributed by atoms with van der Waals surface area (Å²) < 4.78 is 11.9. The second kappa shape index (κ2) is 5.80. The highest BCUT2D eigenvalue weighted by Gasteiger charge is 2.19. The number of ether oxygens (including phenoxy) is 2.